The first kappa shape index (κ1) is 19.0. The van der Waals surface area contributed by atoms with Crippen molar-refractivity contribution >= 4 is 17.6 Å². The Kier molecular flexibility index (Phi) is 6.12. The number of rotatable bonds is 7. The molecule has 1 aliphatic heterocycles. The lowest BCUT2D eigenvalue weighted by atomic mass is 9.88. The molecule has 27 heavy (non-hydrogen) atoms. The fraction of sp³-hybridized carbons (Fsp3) is 0.364. The molecule has 5 heteroatoms. The van der Waals surface area contributed by atoms with Gasteiger partial charge in [-0.15, -0.1) is 0 Å². The van der Waals surface area contributed by atoms with Crippen LogP contribution in [-0.4, -0.2) is 25.0 Å². The molecule has 1 saturated heterocycles. The van der Waals surface area contributed by atoms with Crippen LogP contribution >= 0.6 is 0 Å². The van der Waals surface area contributed by atoms with Crippen molar-refractivity contribution in [3.8, 4) is 0 Å². The van der Waals surface area contributed by atoms with Gasteiger partial charge in [-0.3, -0.25) is 9.69 Å². The Bertz CT molecular complexity index is 770. The Labute approximate surface area is 160 Å². The van der Waals surface area contributed by atoms with E-state index in [1.165, 1.54) is 0 Å². The summed E-state index contributed by atoms with van der Waals surface area (Å²) in [5, 5.41) is 6.00. The third-order valence-electron chi connectivity index (χ3n) is 5.26. The zero-order valence-electron chi connectivity index (χ0n) is 15.9. The summed E-state index contributed by atoms with van der Waals surface area (Å²) in [7, 11) is 0. The summed E-state index contributed by atoms with van der Waals surface area (Å²) in [5.74, 6) is 0.289. The van der Waals surface area contributed by atoms with Crippen LogP contribution in [0.4, 0.5) is 10.5 Å². The van der Waals surface area contributed by atoms with Crippen LogP contribution in [-0.2, 0) is 0 Å². The van der Waals surface area contributed by atoms with Crippen molar-refractivity contribution in [1.82, 2.24) is 10.6 Å². The molecule has 1 aliphatic rings. The van der Waals surface area contributed by atoms with E-state index in [0.717, 1.165) is 24.1 Å². The molecule has 0 aliphatic carbocycles. The summed E-state index contributed by atoms with van der Waals surface area (Å²) in [4.78, 5) is 26.3. The number of nitrogens with zero attached hydrogens (tertiary/aromatic N) is 1. The average Bonchev–Trinajstić information content (AvgIpc) is 3.14. The SMILES string of the molecule is CCC(CC)C(NC(=O)c1ccc(N2CCNC2=O)cc1)c1ccccc1. The predicted molar refractivity (Wildman–Crippen MR) is 108 cm³/mol. The van der Waals surface area contributed by atoms with Crippen molar-refractivity contribution in [1.29, 1.82) is 0 Å². The fourth-order valence-corrected chi connectivity index (χ4v) is 3.63. The van der Waals surface area contributed by atoms with Crippen LogP contribution in [0.3, 0.4) is 0 Å². The third kappa shape index (κ3) is 4.30. The van der Waals surface area contributed by atoms with Crippen molar-refractivity contribution in [3.63, 3.8) is 0 Å². The predicted octanol–water partition coefficient (Wildman–Crippen LogP) is 4.12. The molecule has 3 rings (SSSR count). The second kappa shape index (κ2) is 8.71. The van der Waals surface area contributed by atoms with Crippen molar-refractivity contribution in [2.75, 3.05) is 18.0 Å². The first-order valence-corrected chi connectivity index (χ1v) is 9.65. The summed E-state index contributed by atoms with van der Waals surface area (Å²) in [6.45, 7) is 5.61. The molecule has 1 atom stereocenters. The number of hydrogen-bond donors (Lipinski definition) is 2. The summed E-state index contributed by atoms with van der Waals surface area (Å²) >= 11 is 0. The highest BCUT2D eigenvalue weighted by atomic mass is 16.2. The molecule has 0 bridgehead atoms. The lowest BCUT2D eigenvalue weighted by Crippen LogP contribution is -2.33. The number of benzene rings is 2. The lowest BCUT2D eigenvalue weighted by molar-refractivity contribution is 0.0919. The summed E-state index contributed by atoms with van der Waals surface area (Å²) < 4.78 is 0. The monoisotopic (exact) mass is 365 g/mol. The number of urea groups is 1. The first-order chi connectivity index (χ1) is 13.1. The first-order valence-electron chi connectivity index (χ1n) is 9.65. The number of carbonyl (C=O) groups excluding carboxylic acids is 2. The molecule has 0 saturated carbocycles. The van der Waals surface area contributed by atoms with Crippen LogP contribution in [0, 0.1) is 5.92 Å². The van der Waals surface area contributed by atoms with Gasteiger partial charge >= 0.3 is 6.03 Å². The fourth-order valence-electron chi connectivity index (χ4n) is 3.63. The van der Waals surface area contributed by atoms with E-state index in [1.54, 1.807) is 17.0 Å². The molecule has 3 amide bonds. The molecule has 1 fully saturated rings. The molecule has 1 heterocycles. The average molecular weight is 365 g/mol. The topological polar surface area (TPSA) is 61.4 Å². The molecule has 2 aromatic carbocycles. The Morgan fingerprint density at radius 3 is 2.30 bits per heavy atom. The minimum Gasteiger partial charge on any atom is -0.345 e. The molecular weight excluding hydrogens is 338 g/mol. The number of carbonyl (C=O) groups is 2. The maximum Gasteiger partial charge on any atom is 0.321 e. The summed E-state index contributed by atoms with van der Waals surface area (Å²) in [6, 6.07) is 17.3. The Hall–Kier alpha value is -2.82. The number of nitrogens with one attached hydrogen (secondary N) is 2. The molecule has 1 unspecified atom stereocenters. The molecule has 142 valence electrons. The van der Waals surface area contributed by atoms with Crippen LogP contribution in [0.25, 0.3) is 0 Å². The molecule has 2 aromatic rings. The van der Waals surface area contributed by atoms with E-state index in [2.05, 4.69) is 36.6 Å². The van der Waals surface area contributed by atoms with E-state index >= 15 is 0 Å². The van der Waals surface area contributed by atoms with Crippen LogP contribution in [0.1, 0.15) is 48.7 Å². The number of anilines is 1. The van der Waals surface area contributed by atoms with E-state index in [4.69, 9.17) is 0 Å². The van der Waals surface area contributed by atoms with Gasteiger partial charge in [0.15, 0.2) is 0 Å². The molecule has 0 spiro atoms. The second-order valence-electron chi connectivity index (χ2n) is 6.87. The van der Waals surface area contributed by atoms with Crippen LogP contribution in [0.15, 0.2) is 54.6 Å². The van der Waals surface area contributed by atoms with Gasteiger partial charge in [0.2, 0.25) is 0 Å². The van der Waals surface area contributed by atoms with E-state index in [1.807, 2.05) is 30.3 Å². The second-order valence-corrected chi connectivity index (χ2v) is 6.87. The van der Waals surface area contributed by atoms with Crippen molar-refractivity contribution < 1.29 is 9.59 Å². The minimum atomic E-state index is -0.0925. The van der Waals surface area contributed by atoms with Gasteiger partial charge in [-0.1, -0.05) is 57.0 Å². The standard InChI is InChI=1S/C22H27N3O2/c1-3-16(4-2)20(17-8-6-5-7-9-17)24-21(26)18-10-12-19(13-11-18)25-15-14-23-22(25)27/h5-13,16,20H,3-4,14-15H2,1-2H3,(H,23,27)(H,24,26). The largest absolute Gasteiger partial charge is 0.345 e. The summed E-state index contributed by atoms with van der Waals surface area (Å²) in [5.41, 5.74) is 2.54. The van der Waals surface area contributed by atoms with Gasteiger partial charge in [0.25, 0.3) is 5.91 Å². The molecule has 0 aromatic heterocycles. The van der Waals surface area contributed by atoms with Crippen molar-refractivity contribution in [3.05, 3.63) is 65.7 Å². The van der Waals surface area contributed by atoms with E-state index < -0.39 is 0 Å². The zero-order valence-corrected chi connectivity index (χ0v) is 15.9. The molecule has 2 N–H and O–H groups in total. The zero-order chi connectivity index (χ0) is 19.2. The van der Waals surface area contributed by atoms with Crippen molar-refractivity contribution in [2.45, 2.75) is 32.7 Å². The van der Waals surface area contributed by atoms with Gasteiger partial charge < -0.3 is 10.6 Å². The van der Waals surface area contributed by atoms with Crippen LogP contribution < -0.4 is 15.5 Å². The van der Waals surface area contributed by atoms with Gasteiger partial charge in [0.05, 0.1) is 6.04 Å². The number of amides is 3. The van der Waals surface area contributed by atoms with Gasteiger partial charge in [0.1, 0.15) is 0 Å². The molecule has 5 nitrogen and oxygen atoms in total. The van der Waals surface area contributed by atoms with Crippen molar-refractivity contribution in [2.24, 2.45) is 5.92 Å². The smallest absolute Gasteiger partial charge is 0.321 e. The normalized spacial score (nSPS) is 14.9. The van der Waals surface area contributed by atoms with Crippen LogP contribution in [0.5, 0.6) is 0 Å². The number of hydrogen-bond acceptors (Lipinski definition) is 2. The quantitative estimate of drug-likeness (QED) is 0.775. The van der Waals surface area contributed by atoms with Crippen LogP contribution in [0.2, 0.25) is 0 Å². The Balaban J connectivity index is 1.76. The Morgan fingerprint density at radius 2 is 1.74 bits per heavy atom. The van der Waals surface area contributed by atoms with E-state index in [-0.39, 0.29) is 18.0 Å². The maximum absolute atomic E-state index is 12.9. The summed E-state index contributed by atoms with van der Waals surface area (Å²) in [6.07, 6.45) is 2.00. The maximum atomic E-state index is 12.9. The highest BCUT2D eigenvalue weighted by molar-refractivity contribution is 5.97. The molecule has 0 radical (unpaired) electrons. The van der Waals surface area contributed by atoms with Gasteiger partial charge in [-0.25, -0.2) is 4.79 Å². The highest BCUT2D eigenvalue weighted by Crippen LogP contribution is 2.28. The van der Waals surface area contributed by atoms with E-state index in [9.17, 15) is 9.59 Å². The van der Waals surface area contributed by atoms with Gasteiger partial charge in [0, 0.05) is 24.3 Å². The lowest BCUT2D eigenvalue weighted by Gasteiger charge is -2.27. The van der Waals surface area contributed by atoms with Gasteiger partial charge in [-0.2, -0.15) is 0 Å². The minimum absolute atomic E-state index is 0.0160. The third-order valence-corrected chi connectivity index (χ3v) is 5.26. The van der Waals surface area contributed by atoms with E-state index in [0.29, 0.717) is 24.6 Å². The van der Waals surface area contributed by atoms with Gasteiger partial charge in [-0.05, 0) is 35.7 Å². The highest BCUT2D eigenvalue weighted by Gasteiger charge is 2.24. The Morgan fingerprint density at radius 1 is 1.07 bits per heavy atom. The molecular formula is C22H27N3O2.